The molecule has 25 heavy (non-hydrogen) atoms. The van der Waals surface area contributed by atoms with E-state index in [0.29, 0.717) is 27.6 Å². The number of anilines is 1. The number of rotatable bonds is 4. The Hall–Kier alpha value is -2.86. The first-order chi connectivity index (χ1) is 11.9. The Morgan fingerprint density at radius 3 is 2.24 bits per heavy atom. The third-order valence-electron chi connectivity index (χ3n) is 4.01. The van der Waals surface area contributed by atoms with E-state index in [0.717, 1.165) is 4.90 Å². The van der Waals surface area contributed by atoms with E-state index >= 15 is 0 Å². The topological polar surface area (TPSA) is 75.7 Å². The van der Waals surface area contributed by atoms with E-state index in [1.807, 2.05) is 0 Å². The van der Waals surface area contributed by atoms with Gasteiger partial charge in [0.15, 0.2) is 0 Å². The molecule has 0 saturated carbocycles. The standard InChI is InChI=1S/C18H15ClN2O4/c1-10(16(22)20-11-7-8-15(25-2)14(19)9-11)21-17(23)12-5-3-4-6-13(12)18(21)24/h3-10H,1-2H3,(H,20,22). The zero-order chi connectivity index (χ0) is 18.1. The largest absolute Gasteiger partial charge is 0.495 e. The number of nitrogens with one attached hydrogen (secondary N) is 1. The van der Waals surface area contributed by atoms with Crippen molar-refractivity contribution in [2.45, 2.75) is 13.0 Å². The summed E-state index contributed by atoms with van der Waals surface area (Å²) in [5.41, 5.74) is 1.05. The lowest BCUT2D eigenvalue weighted by atomic mass is 10.1. The number of hydrogen-bond acceptors (Lipinski definition) is 4. The van der Waals surface area contributed by atoms with Gasteiger partial charge < -0.3 is 10.1 Å². The molecule has 0 radical (unpaired) electrons. The van der Waals surface area contributed by atoms with E-state index in [9.17, 15) is 14.4 Å². The molecule has 3 amide bonds. The Labute approximate surface area is 149 Å². The first-order valence-electron chi connectivity index (χ1n) is 7.55. The number of imide groups is 1. The molecule has 0 spiro atoms. The molecule has 1 N–H and O–H groups in total. The van der Waals surface area contributed by atoms with Crippen LogP contribution in [0.3, 0.4) is 0 Å². The summed E-state index contributed by atoms with van der Waals surface area (Å²) in [6, 6.07) is 10.3. The third-order valence-corrected chi connectivity index (χ3v) is 4.31. The fourth-order valence-electron chi connectivity index (χ4n) is 2.67. The molecule has 7 heteroatoms. The number of benzene rings is 2. The van der Waals surface area contributed by atoms with Gasteiger partial charge in [-0.15, -0.1) is 0 Å². The molecule has 6 nitrogen and oxygen atoms in total. The van der Waals surface area contributed by atoms with Crippen LogP contribution in [0.25, 0.3) is 0 Å². The number of halogens is 1. The van der Waals surface area contributed by atoms with Crippen molar-refractivity contribution in [3.8, 4) is 5.75 Å². The Morgan fingerprint density at radius 2 is 1.72 bits per heavy atom. The third kappa shape index (κ3) is 2.96. The molecule has 1 aliphatic heterocycles. The molecule has 128 valence electrons. The fourth-order valence-corrected chi connectivity index (χ4v) is 2.93. The van der Waals surface area contributed by atoms with E-state index < -0.39 is 23.8 Å². The second kappa shape index (κ2) is 6.57. The normalized spacial score (nSPS) is 14.3. The number of amides is 3. The summed E-state index contributed by atoms with van der Waals surface area (Å²) >= 11 is 6.03. The average molecular weight is 359 g/mol. The maximum atomic E-state index is 12.5. The van der Waals surface area contributed by atoms with Crippen molar-refractivity contribution < 1.29 is 19.1 Å². The number of hydrogen-bond donors (Lipinski definition) is 1. The zero-order valence-electron chi connectivity index (χ0n) is 13.6. The van der Waals surface area contributed by atoms with Crippen molar-refractivity contribution in [1.82, 2.24) is 4.90 Å². The summed E-state index contributed by atoms with van der Waals surface area (Å²) in [5.74, 6) is -0.962. The lowest BCUT2D eigenvalue weighted by Crippen LogP contribution is -2.45. The van der Waals surface area contributed by atoms with Crippen LogP contribution in [0.2, 0.25) is 5.02 Å². The molecule has 1 aliphatic rings. The summed E-state index contributed by atoms with van der Waals surface area (Å²) in [5, 5.41) is 2.99. The molecular formula is C18H15ClN2O4. The lowest BCUT2D eigenvalue weighted by Gasteiger charge is -2.21. The predicted octanol–water partition coefficient (Wildman–Crippen LogP) is 2.97. The number of fused-ring (bicyclic) bond motifs is 1. The molecule has 0 aliphatic carbocycles. The molecule has 3 rings (SSSR count). The van der Waals surface area contributed by atoms with Crippen LogP contribution in [0.5, 0.6) is 5.75 Å². The van der Waals surface area contributed by atoms with Gasteiger partial charge >= 0.3 is 0 Å². The summed E-state index contributed by atoms with van der Waals surface area (Å²) in [6.07, 6.45) is 0. The van der Waals surface area contributed by atoms with Crippen LogP contribution >= 0.6 is 11.6 Å². The number of nitrogens with zero attached hydrogens (tertiary/aromatic N) is 1. The minimum absolute atomic E-state index is 0.305. The van der Waals surface area contributed by atoms with E-state index in [2.05, 4.69) is 5.32 Å². The molecule has 0 aromatic heterocycles. The molecule has 0 saturated heterocycles. The van der Waals surface area contributed by atoms with Gasteiger partial charge in [0.2, 0.25) is 5.91 Å². The van der Waals surface area contributed by atoms with Crippen LogP contribution in [0, 0.1) is 0 Å². The quantitative estimate of drug-likeness (QED) is 0.852. The van der Waals surface area contributed by atoms with Crippen LogP contribution in [-0.4, -0.2) is 35.8 Å². The van der Waals surface area contributed by atoms with Crippen LogP contribution in [0.1, 0.15) is 27.6 Å². The molecule has 1 unspecified atom stereocenters. The zero-order valence-corrected chi connectivity index (χ0v) is 14.3. The summed E-state index contributed by atoms with van der Waals surface area (Å²) in [6.45, 7) is 1.50. The highest BCUT2D eigenvalue weighted by Gasteiger charge is 2.40. The number of methoxy groups -OCH3 is 1. The SMILES string of the molecule is COc1ccc(NC(=O)C(C)N2C(=O)c3ccccc3C2=O)cc1Cl. The number of ether oxygens (including phenoxy) is 1. The Kier molecular flexibility index (Phi) is 4.46. The van der Waals surface area contributed by atoms with E-state index in [4.69, 9.17) is 16.3 Å². The Morgan fingerprint density at radius 1 is 1.12 bits per heavy atom. The lowest BCUT2D eigenvalue weighted by molar-refractivity contribution is -0.119. The van der Waals surface area contributed by atoms with Crippen molar-refractivity contribution in [2.24, 2.45) is 0 Å². The Balaban J connectivity index is 1.79. The van der Waals surface area contributed by atoms with Crippen molar-refractivity contribution >= 4 is 35.0 Å². The molecule has 1 atom stereocenters. The maximum Gasteiger partial charge on any atom is 0.262 e. The van der Waals surface area contributed by atoms with Gasteiger partial charge in [-0.1, -0.05) is 23.7 Å². The highest BCUT2D eigenvalue weighted by atomic mass is 35.5. The van der Waals surface area contributed by atoms with Crippen molar-refractivity contribution in [2.75, 3.05) is 12.4 Å². The highest BCUT2D eigenvalue weighted by molar-refractivity contribution is 6.32. The first-order valence-corrected chi connectivity index (χ1v) is 7.93. The van der Waals surface area contributed by atoms with Gasteiger partial charge in [-0.2, -0.15) is 0 Å². The summed E-state index contributed by atoms with van der Waals surface area (Å²) in [4.78, 5) is 38.3. The second-order valence-electron chi connectivity index (χ2n) is 5.54. The van der Waals surface area contributed by atoms with E-state index in [-0.39, 0.29) is 0 Å². The number of carbonyl (C=O) groups excluding carboxylic acids is 3. The molecule has 0 fully saturated rings. The fraction of sp³-hybridized carbons (Fsp3) is 0.167. The smallest absolute Gasteiger partial charge is 0.262 e. The summed E-state index contributed by atoms with van der Waals surface area (Å²) in [7, 11) is 1.49. The van der Waals surface area contributed by atoms with E-state index in [1.54, 1.807) is 36.4 Å². The minimum atomic E-state index is -0.965. The van der Waals surface area contributed by atoms with Gasteiger partial charge in [-0.05, 0) is 37.3 Å². The van der Waals surface area contributed by atoms with Crippen LogP contribution in [0.15, 0.2) is 42.5 Å². The molecular weight excluding hydrogens is 344 g/mol. The van der Waals surface area contributed by atoms with E-state index in [1.165, 1.54) is 20.1 Å². The Bertz CT molecular complexity index is 846. The monoisotopic (exact) mass is 358 g/mol. The number of carbonyl (C=O) groups is 3. The van der Waals surface area contributed by atoms with Gasteiger partial charge in [0.05, 0.1) is 23.3 Å². The first kappa shape index (κ1) is 17.0. The van der Waals surface area contributed by atoms with Crippen molar-refractivity contribution in [3.63, 3.8) is 0 Å². The maximum absolute atomic E-state index is 12.5. The van der Waals surface area contributed by atoms with Crippen LogP contribution in [-0.2, 0) is 4.79 Å². The van der Waals surface area contributed by atoms with Gasteiger partial charge in [-0.3, -0.25) is 19.3 Å². The predicted molar refractivity (Wildman–Crippen MR) is 93.0 cm³/mol. The van der Waals surface area contributed by atoms with Gasteiger partial charge in [0.1, 0.15) is 11.8 Å². The molecule has 2 aromatic carbocycles. The summed E-state index contributed by atoms with van der Waals surface area (Å²) < 4.78 is 5.06. The molecule has 2 aromatic rings. The van der Waals surface area contributed by atoms with Gasteiger partial charge in [0, 0.05) is 5.69 Å². The van der Waals surface area contributed by atoms with Crippen molar-refractivity contribution in [1.29, 1.82) is 0 Å². The van der Waals surface area contributed by atoms with Crippen LogP contribution < -0.4 is 10.1 Å². The van der Waals surface area contributed by atoms with Gasteiger partial charge in [0.25, 0.3) is 11.8 Å². The molecule has 1 heterocycles. The minimum Gasteiger partial charge on any atom is -0.495 e. The average Bonchev–Trinajstić information content (AvgIpc) is 2.86. The second-order valence-corrected chi connectivity index (χ2v) is 5.95. The van der Waals surface area contributed by atoms with Crippen LogP contribution in [0.4, 0.5) is 5.69 Å². The van der Waals surface area contributed by atoms with Gasteiger partial charge in [-0.25, -0.2) is 0 Å². The van der Waals surface area contributed by atoms with Crippen molar-refractivity contribution in [3.05, 3.63) is 58.6 Å². The highest BCUT2D eigenvalue weighted by Crippen LogP contribution is 2.28. The molecule has 0 bridgehead atoms.